The Kier molecular flexibility index (Phi) is 6.11. The van der Waals surface area contributed by atoms with E-state index in [1.54, 1.807) is 0 Å². The van der Waals surface area contributed by atoms with Crippen LogP contribution < -0.4 is 4.90 Å². The maximum Gasteiger partial charge on any atom is 0.236 e. The third kappa shape index (κ3) is 4.77. The van der Waals surface area contributed by atoms with Gasteiger partial charge in [-0.25, -0.2) is 4.39 Å². The van der Waals surface area contributed by atoms with Crippen LogP contribution >= 0.6 is 0 Å². The van der Waals surface area contributed by atoms with Gasteiger partial charge in [-0.05, 0) is 36.9 Å². The lowest BCUT2D eigenvalue weighted by Crippen LogP contribution is -2.54. The molecule has 2 saturated heterocycles. The summed E-state index contributed by atoms with van der Waals surface area (Å²) in [6.07, 6.45) is 0. The number of carbonyl (C=O) groups excluding carboxylic acids is 1. The molecule has 6 heteroatoms. The first-order valence-electron chi connectivity index (χ1n) is 10.4. The van der Waals surface area contributed by atoms with Crippen LogP contribution in [-0.4, -0.2) is 80.0 Å². The third-order valence-electron chi connectivity index (χ3n) is 6.04. The number of hydrogen-bond donors (Lipinski definition) is 0. The first-order chi connectivity index (χ1) is 14.1. The molecule has 2 aromatic rings. The number of likely N-dealkylation sites (N-methyl/N-ethyl adjacent to an activating group) is 1. The fourth-order valence-electron chi connectivity index (χ4n) is 4.28. The SMILES string of the molecule is CN1CCN(CC(=O)N2CCN(c3ccc(F)cc3)CC2)C(c2ccccc2)C1. The van der Waals surface area contributed by atoms with E-state index in [0.717, 1.165) is 38.4 Å². The van der Waals surface area contributed by atoms with E-state index >= 15 is 0 Å². The molecule has 29 heavy (non-hydrogen) atoms. The number of halogens is 1. The summed E-state index contributed by atoms with van der Waals surface area (Å²) >= 11 is 0. The van der Waals surface area contributed by atoms with Crippen LogP contribution in [0.3, 0.4) is 0 Å². The van der Waals surface area contributed by atoms with Crippen LogP contribution in [-0.2, 0) is 4.79 Å². The van der Waals surface area contributed by atoms with Gasteiger partial charge >= 0.3 is 0 Å². The van der Waals surface area contributed by atoms with Gasteiger partial charge in [0, 0.05) is 57.5 Å². The highest BCUT2D eigenvalue weighted by Gasteiger charge is 2.30. The van der Waals surface area contributed by atoms with Crippen molar-refractivity contribution in [1.82, 2.24) is 14.7 Å². The lowest BCUT2D eigenvalue weighted by Gasteiger charge is -2.42. The van der Waals surface area contributed by atoms with Crippen molar-refractivity contribution in [3.63, 3.8) is 0 Å². The van der Waals surface area contributed by atoms with Crippen molar-refractivity contribution in [2.75, 3.05) is 64.3 Å². The van der Waals surface area contributed by atoms with Gasteiger partial charge in [0.2, 0.25) is 5.91 Å². The Bertz CT molecular complexity index is 805. The molecule has 0 bridgehead atoms. The molecule has 154 valence electrons. The van der Waals surface area contributed by atoms with E-state index < -0.39 is 0 Å². The number of piperazine rings is 2. The molecule has 0 radical (unpaired) electrons. The molecule has 0 aliphatic carbocycles. The maximum absolute atomic E-state index is 13.1. The molecule has 2 aliphatic rings. The van der Waals surface area contributed by atoms with Gasteiger partial charge in [-0.15, -0.1) is 0 Å². The van der Waals surface area contributed by atoms with Crippen LogP contribution in [0.5, 0.6) is 0 Å². The molecular formula is C23H29FN4O. The minimum absolute atomic E-state index is 0.203. The molecule has 2 fully saturated rings. The highest BCUT2D eigenvalue weighted by Crippen LogP contribution is 2.25. The van der Waals surface area contributed by atoms with Gasteiger partial charge in [0.15, 0.2) is 0 Å². The molecule has 1 unspecified atom stereocenters. The van der Waals surface area contributed by atoms with Crippen molar-refractivity contribution in [1.29, 1.82) is 0 Å². The Morgan fingerprint density at radius 3 is 2.31 bits per heavy atom. The Morgan fingerprint density at radius 1 is 0.931 bits per heavy atom. The smallest absolute Gasteiger partial charge is 0.236 e. The van der Waals surface area contributed by atoms with E-state index in [0.29, 0.717) is 19.6 Å². The Morgan fingerprint density at radius 2 is 1.62 bits per heavy atom. The number of hydrogen-bond acceptors (Lipinski definition) is 4. The summed E-state index contributed by atoms with van der Waals surface area (Å²) in [7, 11) is 2.14. The van der Waals surface area contributed by atoms with Gasteiger partial charge < -0.3 is 14.7 Å². The first-order valence-corrected chi connectivity index (χ1v) is 10.4. The number of carbonyl (C=O) groups is 1. The predicted octanol–water partition coefficient (Wildman–Crippen LogP) is 2.46. The number of anilines is 1. The zero-order valence-electron chi connectivity index (χ0n) is 17.0. The summed E-state index contributed by atoms with van der Waals surface area (Å²) < 4.78 is 13.1. The molecule has 0 spiro atoms. The standard InChI is InChI=1S/C23H29FN4O/c1-25-11-12-28(22(17-25)19-5-3-2-4-6-19)18-23(29)27-15-13-26(14-16-27)21-9-7-20(24)8-10-21/h2-10,22H,11-18H2,1H3. The van der Waals surface area contributed by atoms with Crippen molar-refractivity contribution >= 4 is 11.6 Å². The van der Waals surface area contributed by atoms with Crippen LogP contribution in [0, 0.1) is 5.82 Å². The number of benzene rings is 2. The van der Waals surface area contributed by atoms with Crippen molar-refractivity contribution in [3.8, 4) is 0 Å². The summed E-state index contributed by atoms with van der Waals surface area (Å²) in [5.41, 5.74) is 2.29. The van der Waals surface area contributed by atoms with E-state index in [9.17, 15) is 9.18 Å². The van der Waals surface area contributed by atoms with Crippen molar-refractivity contribution in [2.45, 2.75) is 6.04 Å². The Hall–Kier alpha value is -2.44. The lowest BCUT2D eigenvalue weighted by molar-refractivity contribution is -0.134. The van der Waals surface area contributed by atoms with Gasteiger partial charge in [-0.3, -0.25) is 9.69 Å². The molecule has 2 heterocycles. The van der Waals surface area contributed by atoms with Crippen molar-refractivity contribution < 1.29 is 9.18 Å². The second-order valence-electron chi connectivity index (χ2n) is 8.00. The molecule has 1 amide bonds. The van der Waals surface area contributed by atoms with Gasteiger partial charge in [0.25, 0.3) is 0 Å². The van der Waals surface area contributed by atoms with Gasteiger partial charge in [-0.2, -0.15) is 0 Å². The first kappa shape index (κ1) is 19.9. The van der Waals surface area contributed by atoms with Crippen LogP contribution in [0.4, 0.5) is 10.1 Å². The Labute approximate surface area is 172 Å². The number of nitrogens with zero attached hydrogens (tertiary/aromatic N) is 4. The van der Waals surface area contributed by atoms with Crippen LogP contribution in [0.2, 0.25) is 0 Å². The molecule has 5 nitrogen and oxygen atoms in total. The summed E-state index contributed by atoms with van der Waals surface area (Å²) in [6, 6.07) is 17.3. The van der Waals surface area contributed by atoms with E-state index in [1.165, 1.54) is 17.7 Å². The zero-order chi connectivity index (χ0) is 20.2. The fourth-order valence-corrected chi connectivity index (χ4v) is 4.28. The number of amides is 1. The quantitative estimate of drug-likeness (QED) is 0.794. The van der Waals surface area contributed by atoms with Gasteiger partial charge in [-0.1, -0.05) is 30.3 Å². The minimum Gasteiger partial charge on any atom is -0.368 e. The van der Waals surface area contributed by atoms with E-state index in [-0.39, 0.29) is 17.8 Å². The van der Waals surface area contributed by atoms with E-state index in [1.807, 2.05) is 23.1 Å². The molecule has 1 atom stereocenters. The largest absolute Gasteiger partial charge is 0.368 e. The lowest BCUT2D eigenvalue weighted by atomic mass is 10.0. The van der Waals surface area contributed by atoms with Crippen LogP contribution in [0.1, 0.15) is 11.6 Å². The van der Waals surface area contributed by atoms with Crippen LogP contribution in [0.25, 0.3) is 0 Å². The van der Waals surface area contributed by atoms with Gasteiger partial charge in [0.05, 0.1) is 6.54 Å². The normalized spacial score (nSPS) is 21.4. The van der Waals surface area contributed by atoms with Crippen molar-refractivity contribution in [2.24, 2.45) is 0 Å². The average molecular weight is 397 g/mol. The topological polar surface area (TPSA) is 30.0 Å². The van der Waals surface area contributed by atoms with E-state index in [4.69, 9.17) is 0 Å². The molecule has 0 aromatic heterocycles. The molecule has 0 saturated carbocycles. The minimum atomic E-state index is -0.220. The highest BCUT2D eigenvalue weighted by atomic mass is 19.1. The average Bonchev–Trinajstić information content (AvgIpc) is 2.76. The molecular weight excluding hydrogens is 367 g/mol. The second kappa shape index (κ2) is 8.93. The molecule has 2 aromatic carbocycles. The van der Waals surface area contributed by atoms with Crippen molar-refractivity contribution in [3.05, 3.63) is 66.0 Å². The molecule has 2 aliphatic heterocycles. The van der Waals surface area contributed by atoms with Gasteiger partial charge in [0.1, 0.15) is 5.82 Å². The number of rotatable bonds is 4. The summed E-state index contributed by atoms with van der Waals surface area (Å²) in [6.45, 7) is 6.26. The third-order valence-corrected chi connectivity index (χ3v) is 6.04. The Balaban J connectivity index is 1.35. The van der Waals surface area contributed by atoms with E-state index in [2.05, 4.69) is 46.0 Å². The summed E-state index contributed by atoms with van der Waals surface area (Å²) in [5.74, 6) is -0.0167. The van der Waals surface area contributed by atoms with Crippen LogP contribution in [0.15, 0.2) is 54.6 Å². The zero-order valence-corrected chi connectivity index (χ0v) is 17.0. The second-order valence-corrected chi connectivity index (χ2v) is 8.00. The molecule has 0 N–H and O–H groups in total. The molecule has 4 rings (SSSR count). The predicted molar refractivity (Wildman–Crippen MR) is 113 cm³/mol. The summed E-state index contributed by atoms with van der Waals surface area (Å²) in [4.78, 5) is 21.9. The summed E-state index contributed by atoms with van der Waals surface area (Å²) in [5, 5.41) is 0. The highest BCUT2D eigenvalue weighted by molar-refractivity contribution is 5.78. The monoisotopic (exact) mass is 396 g/mol. The fraction of sp³-hybridized carbons (Fsp3) is 0.435. The maximum atomic E-state index is 13.1.